The summed E-state index contributed by atoms with van der Waals surface area (Å²) in [5, 5.41) is 6.24. The number of hydrogen-bond donors (Lipinski definition) is 3. The summed E-state index contributed by atoms with van der Waals surface area (Å²) in [4.78, 5) is 8.48. The summed E-state index contributed by atoms with van der Waals surface area (Å²) in [6.45, 7) is 3.71. The number of benzene rings is 1. The summed E-state index contributed by atoms with van der Waals surface area (Å²) in [6, 6.07) is 10.8. The standard InChI is InChI=1S/C18H25N5O3S/c1-3-20-18(22-13-15-7-4-5-9-17(15)26-2)21-11-12-23-27(24,25)16-8-6-10-19-14-16/h4-10,14,23H,3,11-13H2,1-2H3,(H2,20,21,22). The van der Waals surface area contributed by atoms with Crippen molar-refractivity contribution in [3.8, 4) is 5.75 Å². The molecule has 0 atom stereocenters. The molecule has 2 rings (SSSR count). The van der Waals surface area contributed by atoms with Gasteiger partial charge in [0.15, 0.2) is 5.96 Å². The fourth-order valence-corrected chi connectivity index (χ4v) is 3.29. The lowest BCUT2D eigenvalue weighted by molar-refractivity contribution is 0.410. The lowest BCUT2D eigenvalue weighted by Gasteiger charge is -2.12. The van der Waals surface area contributed by atoms with Crippen LogP contribution in [0.3, 0.4) is 0 Å². The molecule has 1 heterocycles. The number of ether oxygens (including phenoxy) is 1. The van der Waals surface area contributed by atoms with Crippen molar-refractivity contribution in [1.29, 1.82) is 0 Å². The topological polar surface area (TPSA) is 105 Å². The van der Waals surface area contributed by atoms with Crippen LogP contribution in [-0.2, 0) is 16.6 Å². The summed E-state index contributed by atoms with van der Waals surface area (Å²) in [5.41, 5.74) is 0.967. The van der Waals surface area contributed by atoms with Gasteiger partial charge in [-0.25, -0.2) is 18.1 Å². The van der Waals surface area contributed by atoms with Gasteiger partial charge in [-0.15, -0.1) is 0 Å². The van der Waals surface area contributed by atoms with Crippen LogP contribution in [0.4, 0.5) is 0 Å². The van der Waals surface area contributed by atoms with Crippen molar-refractivity contribution >= 4 is 16.0 Å². The summed E-state index contributed by atoms with van der Waals surface area (Å²) in [6.07, 6.45) is 2.84. The van der Waals surface area contributed by atoms with Gasteiger partial charge in [0, 0.05) is 37.6 Å². The second-order valence-corrected chi connectivity index (χ2v) is 7.29. The molecular formula is C18H25N5O3S. The number of hydrogen-bond acceptors (Lipinski definition) is 5. The molecule has 0 aliphatic heterocycles. The first-order valence-electron chi connectivity index (χ1n) is 8.60. The van der Waals surface area contributed by atoms with Gasteiger partial charge in [-0.3, -0.25) is 4.98 Å². The van der Waals surface area contributed by atoms with E-state index in [2.05, 4.69) is 25.3 Å². The highest BCUT2D eigenvalue weighted by Crippen LogP contribution is 2.17. The molecule has 0 aliphatic rings. The van der Waals surface area contributed by atoms with Gasteiger partial charge in [0.2, 0.25) is 10.0 Å². The molecule has 0 aliphatic carbocycles. The Morgan fingerprint density at radius 1 is 1.15 bits per heavy atom. The number of rotatable bonds is 9. The summed E-state index contributed by atoms with van der Waals surface area (Å²) >= 11 is 0. The van der Waals surface area contributed by atoms with Crippen molar-refractivity contribution in [2.24, 2.45) is 4.99 Å². The number of guanidine groups is 1. The molecule has 1 aromatic carbocycles. The van der Waals surface area contributed by atoms with Crippen LogP contribution >= 0.6 is 0 Å². The minimum atomic E-state index is -3.56. The van der Waals surface area contributed by atoms with E-state index in [1.165, 1.54) is 18.5 Å². The van der Waals surface area contributed by atoms with E-state index >= 15 is 0 Å². The van der Waals surface area contributed by atoms with Gasteiger partial charge in [0.1, 0.15) is 10.6 Å². The lowest BCUT2D eigenvalue weighted by Crippen LogP contribution is -2.41. The van der Waals surface area contributed by atoms with Crippen molar-refractivity contribution in [2.45, 2.75) is 18.4 Å². The molecule has 0 bridgehead atoms. The van der Waals surface area contributed by atoms with E-state index in [1.807, 2.05) is 31.2 Å². The van der Waals surface area contributed by atoms with Crippen molar-refractivity contribution in [3.05, 3.63) is 54.4 Å². The first-order chi connectivity index (χ1) is 13.1. The van der Waals surface area contributed by atoms with Gasteiger partial charge in [0.25, 0.3) is 0 Å². The zero-order valence-electron chi connectivity index (χ0n) is 15.5. The van der Waals surface area contributed by atoms with Gasteiger partial charge in [-0.05, 0) is 25.1 Å². The Morgan fingerprint density at radius 2 is 1.96 bits per heavy atom. The molecule has 0 spiro atoms. The van der Waals surface area contributed by atoms with Crippen LogP contribution in [0.15, 0.2) is 58.7 Å². The molecule has 27 heavy (non-hydrogen) atoms. The highest BCUT2D eigenvalue weighted by molar-refractivity contribution is 7.89. The molecule has 0 radical (unpaired) electrons. The molecule has 9 heteroatoms. The highest BCUT2D eigenvalue weighted by Gasteiger charge is 2.12. The average Bonchev–Trinajstić information content (AvgIpc) is 2.70. The van der Waals surface area contributed by atoms with Crippen molar-refractivity contribution in [3.63, 3.8) is 0 Å². The SMILES string of the molecule is CCNC(=NCc1ccccc1OC)NCCNS(=O)(=O)c1cccnc1. The largest absolute Gasteiger partial charge is 0.496 e. The quantitative estimate of drug-likeness (QED) is 0.336. The molecule has 2 aromatic rings. The van der Waals surface area contributed by atoms with E-state index in [0.29, 0.717) is 25.6 Å². The number of aliphatic imine (C=N–C) groups is 1. The molecule has 0 unspecified atom stereocenters. The number of nitrogens with one attached hydrogen (secondary N) is 3. The Bertz CT molecular complexity index is 841. The molecule has 8 nitrogen and oxygen atoms in total. The molecule has 3 N–H and O–H groups in total. The maximum absolute atomic E-state index is 12.1. The highest BCUT2D eigenvalue weighted by atomic mass is 32.2. The molecule has 0 fully saturated rings. The monoisotopic (exact) mass is 391 g/mol. The van der Waals surface area contributed by atoms with E-state index in [0.717, 1.165) is 11.3 Å². The fourth-order valence-electron chi connectivity index (χ4n) is 2.30. The zero-order chi connectivity index (χ0) is 19.5. The molecule has 1 aromatic heterocycles. The van der Waals surface area contributed by atoms with E-state index in [1.54, 1.807) is 13.2 Å². The van der Waals surface area contributed by atoms with Crippen molar-refractivity contribution in [2.75, 3.05) is 26.7 Å². The van der Waals surface area contributed by atoms with E-state index in [9.17, 15) is 8.42 Å². The zero-order valence-corrected chi connectivity index (χ0v) is 16.3. The lowest BCUT2D eigenvalue weighted by atomic mass is 10.2. The van der Waals surface area contributed by atoms with Gasteiger partial charge in [0.05, 0.1) is 13.7 Å². The van der Waals surface area contributed by atoms with E-state index < -0.39 is 10.0 Å². The third kappa shape index (κ3) is 6.54. The Hall–Kier alpha value is -2.65. The summed E-state index contributed by atoms with van der Waals surface area (Å²) < 4.78 is 32.1. The predicted molar refractivity (Wildman–Crippen MR) is 105 cm³/mol. The van der Waals surface area contributed by atoms with Crippen LogP contribution < -0.4 is 20.1 Å². The van der Waals surface area contributed by atoms with Gasteiger partial charge in [-0.2, -0.15) is 0 Å². The smallest absolute Gasteiger partial charge is 0.242 e. The van der Waals surface area contributed by atoms with Crippen LogP contribution in [0, 0.1) is 0 Å². The third-order valence-electron chi connectivity index (χ3n) is 3.60. The van der Waals surface area contributed by atoms with Crippen LogP contribution in [0.1, 0.15) is 12.5 Å². The maximum Gasteiger partial charge on any atom is 0.242 e. The number of sulfonamides is 1. The van der Waals surface area contributed by atoms with Crippen LogP contribution in [-0.4, -0.2) is 46.1 Å². The Labute approximate surface area is 160 Å². The van der Waals surface area contributed by atoms with E-state index in [4.69, 9.17) is 4.74 Å². The van der Waals surface area contributed by atoms with Gasteiger partial charge < -0.3 is 15.4 Å². The minimum Gasteiger partial charge on any atom is -0.496 e. The van der Waals surface area contributed by atoms with Crippen molar-refractivity contribution in [1.82, 2.24) is 20.3 Å². The number of methoxy groups -OCH3 is 1. The number of nitrogens with zero attached hydrogens (tertiary/aromatic N) is 2. The number of para-hydroxylation sites is 1. The molecular weight excluding hydrogens is 366 g/mol. The number of pyridine rings is 1. The third-order valence-corrected chi connectivity index (χ3v) is 5.04. The Morgan fingerprint density at radius 3 is 2.67 bits per heavy atom. The minimum absolute atomic E-state index is 0.141. The van der Waals surface area contributed by atoms with Crippen LogP contribution in [0.25, 0.3) is 0 Å². The second-order valence-electron chi connectivity index (χ2n) is 5.52. The first-order valence-corrected chi connectivity index (χ1v) is 10.1. The maximum atomic E-state index is 12.1. The Balaban J connectivity index is 1.89. The van der Waals surface area contributed by atoms with Crippen molar-refractivity contribution < 1.29 is 13.2 Å². The van der Waals surface area contributed by atoms with Gasteiger partial charge >= 0.3 is 0 Å². The average molecular weight is 391 g/mol. The summed E-state index contributed by atoms with van der Waals surface area (Å²) in [7, 11) is -1.94. The fraction of sp³-hybridized carbons (Fsp3) is 0.333. The summed E-state index contributed by atoms with van der Waals surface area (Å²) in [5.74, 6) is 1.38. The Kier molecular flexibility index (Phi) is 8.02. The van der Waals surface area contributed by atoms with Crippen LogP contribution in [0.5, 0.6) is 5.75 Å². The normalized spacial score (nSPS) is 11.9. The molecule has 0 saturated carbocycles. The van der Waals surface area contributed by atoms with Gasteiger partial charge in [-0.1, -0.05) is 18.2 Å². The van der Waals surface area contributed by atoms with Crippen LogP contribution in [0.2, 0.25) is 0 Å². The second kappa shape index (κ2) is 10.5. The molecule has 0 saturated heterocycles. The predicted octanol–water partition coefficient (Wildman–Crippen LogP) is 1.12. The van der Waals surface area contributed by atoms with E-state index in [-0.39, 0.29) is 11.4 Å². The molecule has 146 valence electrons. The number of aromatic nitrogens is 1. The molecule has 0 amide bonds. The first kappa shape index (κ1) is 20.7.